The number of aromatic nitrogens is 1. The summed E-state index contributed by atoms with van der Waals surface area (Å²) >= 11 is 1.49. The van der Waals surface area contributed by atoms with Crippen LogP contribution in [0.4, 0.5) is 0 Å². The van der Waals surface area contributed by atoms with Gasteiger partial charge in [0.2, 0.25) is 0 Å². The quantitative estimate of drug-likeness (QED) is 0.829. The van der Waals surface area contributed by atoms with E-state index >= 15 is 0 Å². The third-order valence-electron chi connectivity index (χ3n) is 3.88. The number of thiophene rings is 1. The summed E-state index contributed by atoms with van der Waals surface area (Å²) in [5.74, 6) is 0. The maximum atomic E-state index is 12.9. The maximum Gasteiger partial charge on any atom is 0.140 e. The molecule has 1 unspecified atom stereocenters. The molecule has 0 aromatic carbocycles. The minimum Gasteiger partial charge on any atom is -0.254 e. The first-order valence-corrected chi connectivity index (χ1v) is 11.9. The van der Waals surface area contributed by atoms with E-state index in [-0.39, 0.29) is 5.04 Å². The first-order valence-electron chi connectivity index (χ1n) is 6.44. The molecule has 0 amide bonds. The number of rotatable bonds is 3. The molecule has 0 aliphatic heterocycles. The highest BCUT2D eigenvalue weighted by molar-refractivity contribution is 7.92. The van der Waals surface area contributed by atoms with Gasteiger partial charge in [-0.25, -0.2) is 13.4 Å². The second-order valence-electron chi connectivity index (χ2n) is 6.48. The first kappa shape index (κ1) is 15.6. The van der Waals surface area contributed by atoms with Crippen LogP contribution in [0.1, 0.15) is 20.8 Å². The molecule has 0 saturated carbocycles. The number of hydrogen-bond acceptors (Lipinski definition) is 4. The molecule has 0 aliphatic carbocycles. The Labute approximate surface area is 125 Å². The van der Waals surface area contributed by atoms with Crippen molar-refractivity contribution in [3.05, 3.63) is 23.7 Å². The van der Waals surface area contributed by atoms with Crippen LogP contribution >= 0.6 is 11.3 Å². The number of nitrogens with zero attached hydrogens (tertiary/aromatic N) is 1. The van der Waals surface area contributed by atoms with Gasteiger partial charge in [0, 0.05) is 11.6 Å². The zero-order valence-corrected chi connectivity index (χ0v) is 15.1. The van der Waals surface area contributed by atoms with Crippen molar-refractivity contribution in [3.8, 4) is 0 Å². The summed E-state index contributed by atoms with van der Waals surface area (Å²) in [5.41, 5.74) is 0.684. The van der Waals surface area contributed by atoms with E-state index in [0.29, 0.717) is 10.4 Å². The van der Waals surface area contributed by atoms with E-state index in [9.17, 15) is 4.21 Å². The predicted molar refractivity (Wildman–Crippen MR) is 89.1 cm³/mol. The largest absolute Gasteiger partial charge is 0.254 e. The summed E-state index contributed by atoms with van der Waals surface area (Å²) in [6, 6.07) is 3.80. The molecule has 0 radical (unpaired) electrons. The Kier molecular flexibility index (Phi) is 3.83. The molecule has 0 saturated heterocycles. The van der Waals surface area contributed by atoms with Crippen LogP contribution in [-0.4, -0.2) is 17.4 Å². The average Bonchev–Trinajstić information content (AvgIpc) is 2.70. The van der Waals surface area contributed by atoms with Gasteiger partial charge in [-0.1, -0.05) is 33.9 Å². The molecule has 2 rings (SSSR count). The third kappa shape index (κ3) is 2.81. The van der Waals surface area contributed by atoms with Gasteiger partial charge in [-0.15, -0.1) is 11.3 Å². The number of pyridine rings is 1. The highest BCUT2D eigenvalue weighted by atomic mass is 32.2. The Bertz CT molecular complexity index is 729. The van der Waals surface area contributed by atoms with E-state index < -0.39 is 18.2 Å². The highest BCUT2D eigenvalue weighted by Gasteiger charge is 2.38. The van der Waals surface area contributed by atoms with E-state index in [1.165, 1.54) is 11.3 Å². The zero-order valence-electron chi connectivity index (χ0n) is 12.5. The maximum absolute atomic E-state index is 12.9. The molecule has 0 bridgehead atoms. The van der Waals surface area contributed by atoms with Crippen LogP contribution in [0.15, 0.2) is 28.6 Å². The Morgan fingerprint density at radius 3 is 2.65 bits per heavy atom. The Balaban J connectivity index is 2.47. The van der Waals surface area contributed by atoms with E-state index in [1.54, 1.807) is 11.6 Å². The molecular weight excluding hydrogens is 306 g/mol. The SMILES string of the molecule is CC(C)(C)[Si](C)(C)NS(=N)(=O)c1csc2cccnc12. The van der Waals surface area contributed by atoms with Gasteiger partial charge in [0.25, 0.3) is 0 Å². The van der Waals surface area contributed by atoms with Crippen molar-refractivity contribution in [2.75, 3.05) is 0 Å². The van der Waals surface area contributed by atoms with E-state index in [0.717, 1.165) is 4.70 Å². The lowest BCUT2D eigenvalue weighted by atomic mass is 10.2. The van der Waals surface area contributed by atoms with Gasteiger partial charge >= 0.3 is 0 Å². The standard InChI is InChI=1S/C13H21N3OS2Si/c1-13(2,3)20(4,5)16-19(14,17)11-9-18-10-7-6-8-15-12(10)11/h6-9H,1-5H3,(H2,14,16,17). The van der Waals surface area contributed by atoms with Crippen LogP contribution in [0.3, 0.4) is 0 Å². The monoisotopic (exact) mass is 327 g/mol. The van der Waals surface area contributed by atoms with Crippen molar-refractivity contribution >= 4 is 39.7 Å². The minimum absolute atomic E-state index is 0.0238. The van der Waals surface area contributed by atoms with Gasteiger partial charge < -0.3 is 0 Å². The second kappa shape index (κ2) is 4.90. The second-order valence-corrected chi connectivity index (χ2v) is 14.5. The fraction of sp³-hybridized carbons (Fsp3) is 0.462. The van der Waals surface area contributed by atoms with E-state index in [4.69, 9.17) is 4.78 Å². The molecule has 0 spiro atoms. The number of fused-ring (bicyclic) bond motifs is 1. The Morgan fingerprint density at radius 2 is 2.05 bits per heavy atom. The molecule has 2 aromatic heterocycles. The summed E-state index contributed by atoms with van der Waals surface area (Å²) in [4.78, 5) is 4.80. The fourth-order valence-corrected chi connectivity index (χ4v) is 8.12. The lowest BCUT2D eigenvalue weighted by Gasteiger charge is -2.37. The van der Waals surface area contributed by atoms with E-state index in [2.05, 4.69) is 43.2 Å². The van der Waals surface area contributed by atoms with Crippen molar-refractivity contribution < 1.29 is 4.21 Å². The Morgan fingerprint density at radius 1 is 1.40 bits per heavy atom. The van der Waals surface area contributed by atoms with Gasteiger partial charge in [-0.05, 0) is 17.2 Å². The van der Waals surface area contributed by atoms with E-state index in [1.807, 2.05) is 12.1 Å². The number of nitrogens with one attached hydrogen (secondary N) is 2. The van der Waals surface area contributed by atoms with Gasteiger partial charge in [0.05, 0.1) is 15.1 Å². The average molecular weight is 328 g/mol. The molecule has 1 atom stereocenters. The Hall–Kier alpha value is -0.763. The molecule has 2 N–H and O–H groups in total. The van der Waals surface area contributed by atoms with Crippen LogP contribution in [0.25, 0.3) is 10.2 Å². The first-order chi connectivity index (χ1) is 9.05. The van der Waals surface area contributed by atoms with Crippen LogP contribution < -0.4 is 4.39 Å². The molecular formula is C13H21N3OS2Si. The molecule has 0 fully saturated rings. The molecule has 110 valence electrons. The van der Waals surface area contributed by atoms with Crippen LogP contribution in [0.5, 0.6) is 0 Å². The van der Waals surface area contributed by atoms with Crippen LogP contribution in [0, 0.1) is 4.78 Å². The third-order valence-corrected chi connectivity index (χ3v) is 12.8. The topological polar surface area (TPSA) is 65.8 Å². The minimum atomic E-state index is -3.02. The van der Waals surface area contributed by atoms with Gasteiger partial charge in [-0.3, -0.25) is 4.98 Å². The predicted octanol–water partition coefficient (Wildman–Crippen LogP) is 4.21. The lowest BCUT2D eigenvalue weighted by molar-refractivity contribution is 0.665. The zero-order chi connectivity index (χ0) is 15.2. The molecule has 7 heteroatoms. The molecule has 2 heterocycles. The summed E-state index contributed by atoms with van der Waals surface area (Å²) in [7, 11) is -5.04. The highest BCUT2D eigenvalue weighted by Crippen LogP contribution is 2.36. The lowest BCUT2D eigenvalue weighted by Crippen LogP contribution is -2.54. The molecule has 4 nitrogen and oxygen atoms in total. The van der Waals surface area contributed by atoms with Crippen molar-refractivity contribution in [3.63, 3.8) is 0 Å². The van der Waals surface area contributed by atoms with Crippen molar-refractivity contribution in [2.45, 2.75) is 43.8 Å². The van der Waals surface area contributed by atoms with Crippen LogP contribution in [0.2, 0.25) is 18.1 Å². The van der Waals surface area contributed by atoms with Crippen molar-refractivity contribution in [1.82, 2.24) is 9.37 Å². The fourth-order valence-electron chi connectivity index (χ4n) is 1.61. The summed E-state index contributed by atoms with van der Waals surface area (Å²) < 4.78 is 25.3. The summed E-state index contributed by atoms with van der Waals surface area (Å²) in [6.07, 6.45) is 1.68. The van der Waals surface area contributed by atoms with Crippen LogP contribution in [-0.2, 0) is 9.92 Å². The molecule has 0 aliphatic rings. The van der Waals surface area contributed by atoms with Crippen molar-refractivity contribution in [1.29, 1.82) is 4.78 Å². The normalized spacial score (nSPS) is 16.2. The summed E-state index contributed by atoms with van der Waals surface area (Å²) in [5, 5.41) is 1.82. The summed E-state index contributed by atoms with van der Waals surface area (Å²) in [6.45, 7) is 10.6. The van der Waals surface area contributed by atoms with Gasteiger partial charge in [0.15, 0.2) is 0 Å². The number of hydrogen-bond donors (Lipinski definition) is 2. The van der Waals surface area contributed by atoms with Crippen molar-refractivity contribution in [2.24, 2.45) is 0 Å². The van der Waals surface area contributed by atoms with Gasteiger partial charge in [0.1, 0.15) is 18.2 Å². The molecule has 2 aromatic rings. The van der Waals surface area contributed by atoms with Gasteiger partial charge in [-0.2, -0.15) is 0 Å². The smallest absolute Gasteiger partial charge is 0.140 e. The molecule has 20 heavy (non-hydrogen) atoms.